The lowest BCUT2D eigenvalue weighted by atomic mass is 10.1. The highest BCUT2D eigenvalue weighted by molar-refractivity contribution is 5.78. The number of nitrogens with zero attached hydrogens (tertiary/aromatic N) is 2. The second-order valence-corrected chi connectivity index (χ2v) is 4.82. The lowest BCUT2D eigenvalue weighted by Gasteiger charge is -2.14. The first kappa shape index (κ1) is 12.9. The summed E-state index contributed by atoms with van der Waals surface area (Å²) < 4.78 is 40.1. The number of aromatic nitrogens is 2. The van der Waals surface area contributed by atoms with Gasteiger partial charge in [0, 0.05) is 6.04 Å². The van der Waals surface area contributed by atoms with Gasteiger partial charge in [0.05, 0.1) is 11.0 Å². The van der Waals surface area contributed by atoms with Crippen molar-refractivity contribution in [3.63, 3.8) is 0 Å². The van der Waals surface area contributed by atoms with Crippen LogP contribution in [-0.4, -0.2) is 9.55 Å². The van der Waals surface area contributed by atoms with Crippen molar-refractivity contribution in [3.05, 3.63) is 29.1 Å². The van der Waals surface area contributed by atoms with E-state index in [9.17, 15) is 13.2 Å². The molecule has 1 aromatic carbocycles. The van der Waals surface area contributed by atoms with Crippen LogP contribution in [0.5, 0.6) is 0 Å². The smallest absolute Gasteiger partial charge is 0.318 e. The molecule has 0 fully saturated rings. The van der Waals surface area contributed by atoms with Gasteiger partial charge in [0.1, 0.15) is 0 Å². The number of aryl methyl sites for hydroxylation is 2. The third kappa shape index (κ3) is 1.98. The molecule has 1 aromatic heterocycles. The molecule has 2 aromatic rings. The van der Waals surface area contributed by atoms with E-state index >= 15 is 0 Å². The lowest BCUT2D eigenvalue weighted by Crippen LogP contribution is -2.16. The Bertz CT molecular complexity index is 594. The van der Waals surface area contributed by atoms with Gasteiger partial charge in [-0.2, -0.15) is 13.2 Å². The average Bonchev–Trinajstić information content (AvgIpc) is 2.56. The van der Waals surface area contributed by atoms with E-state index in [0.29, 0.717) is 11.0 Å². The minimum absolute atomic E-state index is 0.284. The first-order chi connectivity index (χ1) is 8.21. The topological polar surface area (TPSA) is 17.8 Å². The molecule has 18 heavy (non-hydrogen) atoms. The third-order valence-corrected chi connectivity index (χ3v) is 3.07. The monoisotopic (exact) mass is 256 g/mol. The van der Waals surface area contributed by atoms with Gasteiger partial charge in [-0.3, -0.25) is 0 Å². The van der Waals surface area contributed by atoms with Crippen molar-refractivity contribution in [2.45, 2.75) is 39.9 Å². The fourth-order valence-corrected chi connectivity index (χ4v) is 2.07. The van der Waals surface area contributed by atoms with E-state index in [-0.39, 0.29) is 6.04 Å². The van der Waals surface area contributed by atoms with E-state index in [2.05, 4.69) is 4.98 Å². The van der Waals surface area contributed by atoms with Gasteiger partial charge in [-0.15, -0.1) is 0 Å². The van der Waals surface area contributed by atoms with Crippen LogP contribution in [0, 0.1) is 13.8 Å². The summed E-state index contributed by atoms with van der Waals surface area (Å²) in [6.07, 6.45) is -4.43. The maximum Gasteiger partial charge on any atom is 0.449 e. The van der Waals surface area contributed by atoms with Crippen molar-refractivity contribution in [2.75, 3.05) is 0 Å². The van der Waals surface area contributed by atoms with E-state index in [1.165, 1.54) is 4.57 Å². The normalized spacial score (nSPS) is 12.7. The Morgan fingerprint density at radius 2 is 1.67 bits per heavy atom. The number of halogens is 3. The van der Waals surface area contributed by atoms with Gasteiger partial charge < -0.3 is 4.57 Å². The summed E-state index contributed by atoms with van der Waals surface area (Å²) in [6.45, 7) is 7.22. The molecule has 0 saturated heterocycles. The van der Waals surface area contributed by atoms with E-state index in [4.69, 9.17) is 0 Å². The van der Waals surface area contributed by atoms with Crippen molar-refractivity contribution in [3.8, 4) is 0 Å². The molecule has 0 N–H and O–H groups in total. The molecule has 0 aliphatic heterocycles. The van der Waals surface area contributed by atoms with E-state index in [0.717, 1.165) is 11.1 Å². The van der Waals surface area contributed by atoms with Crippen LogP contribution in [0.3, 0.4) is 0 Å². The van der Waals surface area contributed by atoms with Gasteiger partial charge in [-0.05, 0) is 51.0 Å². The summed E-state index contributed by atoms with van der Waals surface area (Å²) >= 11 is 0. The Labute approximate surface area is 103 Å². The quantitative estimate of drug-likeness (QED) is 0.745. The SMILES string of the molecule is Cc1cc2nc(C(F)(F)F)n(C(C)C)c2cc1C. The van der Waals surface area contributed by atoms with Crippen LogP contribution in [0.4, 0.5) is 13.2 Å². The summed E-state index contributed by atoms with van der Waals surface area (Å²) in [7, 11) is 0. The third-order valence-electron chi connectivity index (χ3n) is 3.07. The first-order valence-corrected chi connectivity index (χ1v) is 5.78. The summed E-state index contributed by atoms with van der Waals surface area (Å²) in [5.74, 6) is -0.822. The molecule has 1 heterocycles. The van der Waals surface area contributed by atoms with Crippen molar-refractivity contribution in [2.24, 2.45) is 0 Å². The number of hydrogen-bond donors (Lipinski definition) is 0. The van der Waals surface area contributed by atoms with Crippen molar-refractivity contribution < 1.29 is 13.2 Å². The Morgan fingerprint density at radius 3 is 2.17 bits per heavy atom. The molecule has 0 saturated carbocycles. The molecule has 0 radical (unpaired) electrons. The minimum Gasteiger partial charge on any atom is -0.318 e. The maximum atomic E-state index is 13.0. The van der Waals surface area contributed by atoms with Crippen LogP contribution in [0.15, 0.2) is 12.1 Å². The highest BCUT2D eigenvalue weighted by atomic mass is 19.4. The second kappa shape index (κ2) is 4.00. The number of alkyl halides is 3. The van der Waals surface area contributed by atoms with Crippen LogP contribution in [-0.2, 0) is 6.18 Å². The average molecular weight is 256 g/mol. The van der Waals surface area contributed by atoms with Gasteiger partial charge >= 0.3 is 6.18 Å². The zero-order valence-electron chi connectivity index (χ0n) is 10.8. The molecule has 2 rings (SSSR count). The van der Waals surface area contributed by atoms with Crippen molar-refractivity contribution in [1.82, 2.24) is 9.55 Å². The highest BCUT2D eigenvalue weighted by Gasteiger charge is 2.38. The molecule has 0 atom stereocenters. The van der Waals surface area contributed by atoms with Crippen molar-refractivity contribution in [1.29, 1.82) is 0 Å². The zero-order valence-corrected chi connectivity index (χ0v) is 10.8. The predicted molar refractivity (Wildman–Crippen MR) is 64.6 cm³/mol. The molecular weight excluding hydrogens is 241 g/mol. The molecule has 0 spiro atoms. The predicted octanol–water partition coefficient (Wildman–Crippen LogP) is 4.25. The summed E-state index contributed by atoms with van der Waals surface area (Å²) in [6, 6.07) is 3.19. The molecule has 0 amide bonds. The molecule has 0 unspecified atom stereocenters. The van der Waals surface area contributed by atoms with Gasteiger partial charge in [0.25, 0.3) is 0 Å². The molecule has 0 bridgehead atoms. The van der Waals surface area contributed by atoms with Crippen LogP contribution < -0.4 is 0 Å². The fourth-order valence-electron chi connectivity index (χ4n) is 2.07. The minimum atomic E-state index is -4.43. The molecule has 2 nitrogen and oxygen atoms in total. The molecule has 0 aliphatic rings. The summed E-state index contributed by atoms with van der Waals surface area (Å²) in [5.41, 5.74) is 2.86. The van der Waals surface area contributed by atoms with Gasteiger partial charge in [-0.25, -0.2) is 4.98 Å². The Morgan fingerprint density at radius 1 is 1.11 bits per heavy atom. The van der Waals surface area contributed by atoms with Crippen LogP contribution in [0.1, 0.15) is 36.8 Å². The second-order valence-electron chi connectivity index (χ2n) is 4.82. The lowest BCUT2D eigenvalue weighted by molar-refractivity contribution is -0.147. The summed E-state index contributed by atoms with van der Waals surface area (Å²) in [5, 5.41) is 0. The Hall–Kier alpha value is -1.52. The van der Waals surface area contributed by atoms with Crippen LogP contribution >= 0.6 is 0 Å². The molecular formula is C13H15F3N2. The number of imidazole rings is 1. The standard InChI is InChI=1S/C13H15F3N2/c1-7(2)18-11-6-9(4)8(3)5-10(11)17-12(18)13(14,15)16/h5-7H,1-4H3. The van der Waals surface area contributed by atoms with Gasteiger partial charge in [-0.1, -0.05) is 0 Å². The highest BCUT2D eigenvalue weighted by Crippen LogP contribution is 2.34. The maximum absolute atomic E-state index is 13.0. The number of fused-ring (bicyclic) bond motifs is 1. The number of rotatable bonds is 1. The van der Waals surface area contributed by atoms with Gasteiger partial charge in [0.2, 0.25) is 5.82 Å². The Balaban J connectivity index is 2.84. The van der Waals surface area contributed by atoms with E-state index in [1.807, 2.05) is 13.8 Å². The molecule has 5 heteroatoms. The van der Waals surface area contributed by atoms with E-state index in [1.54, 1.807) is 26.0 Å². The summed E-state index contributed by atoms with van der Waals surface area (Å²) in [4.78, 5) is 3.75. The van der Waals surface area contributed by atoms with Crippen LogP contribution in [0.2, 0.25) is 0 Å². The number of benzene rings is 1. The van der Waals surface area contributed by atoms with Crippen molar-refractivity contribution >= 4 is 11.0 Å². The van der Waals surface area contributed by atoms with Crippen LogP contribution in [0.25, 0.3) is 11.0 Å². The fraction of sp³-hybridized carbons (Fsp3) is 0.462. The largest absolute Gasteiger partial charge is 0.449 e. The first-order valence-electron chi connectivity index (χ1n) is 5.78. The zero-order chi connectivity index (χ0) is 13.7. The van der Waals surface area contributed by atoms with E-state index < -0.39 is 12.0 Å². The molecule has 0 aliphatic carbocycles. The van der Waals surface area contributed by atoms with Gasteiger partial charge in [0.15, 0.2) is 0 Å². The Kier molecular flexibility index (Phi) is 2.87. The number of hydrogen-bond acceptors (Lipinski definition) is 1. The molecule has 98 valence electrons.